The molecule has 3 heteroatoms. The van der Waals surface area contributed by atoms with Gasteiger partial charge in [-0.3, -0.25) is 0 Å². The minimum Gasteiger partial charge on any atom is -0.497 e. The molecule has 0 saturated carbocycles. The highest BCUT2D eigenvalue weighted by Crippen LogP contribution is 2.08. The van der Waals surface area contributed by atoms with Crippen molar-refractivity contribution in [1.29, 1.82) is 0 Å². The largest absolute Gasteiger partial charge is 0.497 e. The van der Waals surface area contributed by atoms with Crippen LogP contribution in [0.25, 0.3) is 0 Å². The highest BCUT2D eigenvalue weighted by Gasteiger charge is 1.97. The van der Waals surface area contributed by atoms with Crippen molar-refractivity contribution in [3.8, 4) is 5.75 Å². The lowest BCUT2D eigenvalue weighted by Gasteiger charge is -2.05. The lowest BCUT2D eigenvalue weighted by molar-refractivity contribution is 0.418. The first-order chi connectivity index (χ1) is 4.75. The number of hydrogen-bond donors (Lipinski definition) is 1. The number of hydrogen-bond acceptors (Lipinski definition) is 2. The highest BCUT2D eigenvalue weighted by atomic mass is 16.5. The molecule has 0 saturated heterocycles. The van der Waals surface area contributed by atoms with E-state index in [2.05, 4.69) is 0 Å². The van der Waals surface area contributed by atoms with Crippen molar-refractivity contribution in [3.05, 3.63) is 18.2 Å². The second-order valence-electron chi connectivity index (χ2n) is 1.96. The summed E-state index contributed by atoms with van der Waals surface area (Å²) < 4.78 is 4.92. The van der Waals surface area contributed by atoms with Gasteiger partial charge in [0.25, 0.3) is 0 Å². The van der Waals surface area contributed by atoms with Gasteiger partial charge >= 0.3 is 0 Å². The van der Waals surface area contributed by atoms with Crippen molar-refractivity contribution in [1.82, 2.24) is 0 Å². The van der Waals surface area contributed by atoms with Crippen molar-refractivity contribution in [2.24, 2.45) is 0 Å². The fraction of sp³-hybridized carbons (Fsp3) is 0.143. The standard InChI is InChI=1S/C7H8BNO/c1-10-6-4-2-3-5(9)7(6)8/h2-4H,9H2,1H3. The van der Waals surface area contributed by atoms with Crippen LogP contribution in [0.15, 0.2) is 18.2 Å². The van der Waals surface area contributed by atoms with Crippen molar-refractivity contribution >= 4 is 19.0 Å². The molecule has 0 bridgehead atoms. The Balaban J connectivity index is 3.14. The summed E-state index contributed by atoms with van der Waals surface area (Å²) in [6, 6.07) is 5.30. The van der Waals surface area contributed by atoms with Gasteiger partial charge in [-0.05, 0) is 17.6 Å². The smallest absolute Gasteiger partial charge is 0.121 e. The molecule has 0 unspecified atom stereocenters. The zero-order valence-electron chi connectivity index (χ0n) is 5.79. The number of methoxy groups -OCH3 is 1. The summed E-state index contributed by atoms with van der Waals surface area (Å²) in [6.07, 6.45) is 0. The summed E-state index contributed by atoms with van der Waals surface area (Å²) in [5, 5.41) is 0. The average Bonchev–Trinajstić information content (AvgIpc) is 1.95. The maximum atomic E-state index is 5.54. The number of nitrogens with two attached hydrogens (primary N) is 1. The van der Waals surface area contributed by atoms with E-state index in [4.69, 9.17) is 18.3 Å². The third-order valence-corrected chi connectivity index (χ3v) is 1.32. The lowest BCUT2D eigenvalue weighted by atomic mass is 9.93. The molecule has 0 aliphatic heterocycles. The van der Waals surface area contributed by atoms with Gasteiger partial charge in [0.2, 0.25) is 0 Å². The van der Waals surface area contributed by atoms with E-state index in [0.29, 0.717) is 16.9 Å². The number of ether oxygens (including phenoxy) is 1. The van der Waals surface area contributed by atoms with E-state index in [1.165, 1.54) is 0 Å². The molecule has 1 rings (SSSR count). The first kappa shape index (κ1) is 7.00. The Kier molecular flexibility index (Phi) is 1.85. The zero-order chi connectivity index (χ0) is 7.56. The van der Waals surface area contributed by atoms with Crippen molar-refractivity contribution in [2.75, 3.05) is 12.8 Å². The molecule has 1 aromatic carbocycles. The second kappa shape index (κ2) is 2.65. The van der Waals surface area contributed by atoms with Crippen molar-refractivity contribution in [2.45, 2.75) is 0 Å². The van der Waals surface area contributed by atoms with E-state index in [0.717, 1.165) is 0 Å². The van der Waals surface area contributed by atoms with Crippen LogP contribution in [0.5, 0.6) is 5.75 Å². The summed E-state index contributed by atoms with van der Waals surface area (Å²) in [6.45, 7) is 0. The van der Waals surface area contributed by atoms with E-state index >= 15 is 0 Å². The molecule has 0 spiro atoms. The Morgan fingerprint density at radius 1 is 1.50 bits per heavy atom. The highest BCUT2D eigenvalue weighted by molar-refractivity contribution is 6.37. The van der Waals surface area contributed by atoms with Crippen LogP contribution < -0.4 is 15.9 Å². The summed E-state index contributed by atoms with van der Waals surface area (Å²) in [4.78, 5) is 0. The maximum absolute atomic E-state index is 5.54. The van der Waals surface area contributed by atoms with Gasteiger partial charge in [-0.15, -0.1) is 0 Å². The summed E-state index contributed by atoms with van der Waals surface area (Å²) >= 11 is 0. The van der Waals surface area contributed by atoms with Gasteiger partial charge in [-0.25, -0.2) is 0 Å². The Morgan fingerprint density at radius 2 is 2.20 bits per heavy atom. The monoisotopic (exact) mass is 133 g/mol. The quantitative estimate of drug-likeness (QED) is 0.434. The molecule has 50 valence electrons. The molecule has 1 aromatic rings. The van der Waals surface area contributed by atoms with Crippen LogP contribution in [-0.2, 0) is 0 Å². The zero-order valence-corrected chi connectivity index (χ0v) is 5.79. The van der Waals surface area contributed by atoms with Crippen LogP contribution in [0, 0.1) is 0 Å². The number of rotatable bonds is 1. The number of anilines is 1. The van der Waals surface area contributed by atoms with Gasteiger partial charge in [0.05, 0.1) is 7.11 Å². The molecule has 0 atom stereocenters. The molecule has 2 radical (unpaired) electrons. The summed E-state index contributed by atoms with van der Waals surface area (Å²) in [5.74, 6) is 0.625. The molecule has 0 heterocycles. The maximum Gasteiger partial charge on any atom is 0.121 e. The average molecular weight is 133 g/mol. The minimum atomic E-state index is 0.505. The van der Waals surface area contributed by atoms with Crippen LogP contribution in [-0.4, -0.2) is 15.0 Å². The first-order valence-electron chi connectivity index (χ1n) is 2.93. The van der Waals surface area contributed by atoms with Crippen LogP contribution in [0.1, 0.15) is 0 Å². The second-order valence-corrected chi connectivity index (χ2v) is 1.96. The SMILES string of the molecule is [B]c1c(N)cccc1OC. The third kappa shape index (κ3) is 1.08. The summed E-state index contributed by atoms with van der Waals surface area (Å²) in [7, 11) is 7.10. The minimum absolute atomic E-state index is 0.505. The molecular weight excluding hydrogens is 125 g/mol. The van der Waals surface area contributed by atoms with E-state index in [1.807, 2.05) is 0 Å². The predicted octanol–water partition coefficient (Wildman–Crippen LogP) is 0.0712. The predicted molar refractivity (Wildman–Crippen MR) is 42.8 cm³/mol. The van der Waals surface area contributed by atoms with Crippen LogP contribution in [0.4, 0.5) is 5.69 Å². The lowest BCUT2D eigenvalue weighted by Crippen LogP contribution is -2.12. The van der Waals surface area contributed by atoms with Crippen LogP contribution >= 0.6 is 0 Å². The topological polar surface area (TPSA) is 35.2 Å². The van der Waals surface area contributed by atoms with E-state index in [-0.39, 0.29) is 0 Å². The van der Waals surface area contributed by atoms with E-state index < -0.39 is 0 Å². The first-order valence-corrected chi connectivity index (χ1v) is 2.93. The van der Waals surface area contributed by atoms with Crippen molar-refractivity contribution in [3.63, 3.8) is 0 Å². The molecular formula is C7H8BNO. The van der Waals surface area contributed by atoms with Crippen molar-refractivity contribution < 1.29 is 4.74 Å². The fourth-order valence-electron chi connectivity index (χ4n) is 0.739. The third-order valence-electron chi connectivity index (χ3n) is 1.32. The van der Waals surface area contributed by atoms with Gasteiger partial charge in [-0.1, -0.05) is 6.07 Å². The Morgan fingerprint density at radius 3 is 2.70 bits per heavy atom. The van der Waals surface area contributed by atoms with Gasteiger partial charge in [0, 0.05) is 5.69 Å². The Labute approximate surface area is 61.4 Å². The van der Waals surface area contributed by atoms with E-state index in [1.54, 1.807) is 25.3 Å². The molecule has 10 heavy (non-hydrogen) atoms. The Hall–Kier alpha value is -1.12. The van der Waals surface area contributed by atoms with Gasteiger partial charge in [0.1, 0.15) is 13.6 Å². The summed E-state index contributed by atoms with van der Waals surface area (Å²) in [5.41, 5.74) is 6.55. The molecule has 0 fully saturated rings. The molecule has 2 N–H and O–H groups in total. The molecule has 0 aromatic heterocycles. The fourth-order valence-corrected chi connectivity index (χ4v) is 0.739. The molecule has 0 amide bonds. The normalized spacial score (nSPS) is 9.30. The number of nitrogen functional groups attached to an aromatic ring is 1. The molecule has 0 aliphatic rings. The molecule has 2 nitrogen and oxygen atoms in total. The molecule has 0 aliphatic carbocycles. The number of benzene rings is 1. The van der Waals surface area contributed by atoms with E-state index in [9.17, 15) is 0 Å². The van der Waals surface area contributed by atoms with Crippen LogP contribution in [0.2, 0.25) is 0 Å². The van der Waals surface area contributed by atoms with Gasteiger partial charge in [0.15, 0.2) is 0 Å². The van der Waals surface area contributed by atoms with Crippen LogP contribution in [0.3, 0.4) is 0 Å². The van der Waals surface area contributed by atoms with Gasteiger partial charge < -0.3 is 10.5 Å². The van der Waals surface area contributed by atoms with Gasteiger partial charge in [-0.2, -0.15) is 0 Å². The Bertz CT molecular complexity index is 237.